The Morgan fingerprint density at radius 3 is 2.50 bits per heavy atom. The van der Waals surface area contributed by atoms with Gasteiger partial charge in [0.1, 0.15) is 0 Å². The van der Waals surface area contributed by atoms with Crippen LogP contribution < -0.4 is 0 Å². The van der Waals surface area contributed by atoms with Gasteiger partial charge in [0.05, 0.1) is 11.5 Å². The van der Waals surface area contributed by atoms with Gasteiger partial charge in [-0.1, -0.05) is 12.1 Å². The van der Waals surface area contributed by atoms with Crippen molar-refractivity contribution < 1.29 is 13.5 Å². The maximum Gasteiger partial charge on any atom is 0.243 e. The first-order valence-corrected chi connectivity index (χ1v) is 8.29. The predicted molar refractivity (Wildman–Crippen MR) is 77.8 cm³/mol. The number of aliphatic hydroxyl groups excluding tert-OH is 1. The molecule has 1 aliphatic rings. The Morgan fingerprint density at radius 2 is 1.90 bits per heavy atom. The van der Waals surface area contributed by atoms with Gasteiger partial charge in [-0.2, -0.15) is 4.31 Å². The number of sulfonamides is 1. The fraction of sp³-hybridized carbons (Fsp3) is 0.571. The highest BCUT2D eigenvalue weighted by atomic mass is 32.2. The Labute approximate surface area is 120 Å². The molecule has 1 heterocycles. The summed E-state index contributed by atoms with van der Waals surface area (Å²) in [6, 6.07) is 6.41. The first-order chi connectivity index (χ1) is 9.45. The second-order valence-corrected chi connectivity index (χ2v) is 7.27. The van der Waals surface area contributed by atoms with Gasteiger partial charge in [-0.15, -0.1) is 0 Å². The van der Waals surface area contributed by atoms with Crippen LogP contribution in [-0.4, -0.2) is 55.5 Å². The van der Waals surface area contributed by atoms with Crippen molar-refractivity contribution in [3.8, 4) is 0 Å². The minimum Gasteiger partial charge on any atom is -0.392 e. The lowest BCUT2D eigenvalue weighted by atomic mass is 10.2. The van der Waals surface area contributed by atoms with E-state index in [2.05, 4.69) is 4.90 Å². The number of likely N-dealkylation sites (N-methyl/N-ethyl adjacent to an activating group) is 1. The van der Waals surface area contributed by atoms with Crippen LogP contribution in [0.1, 0.15) is 18.9 Å². The minimum absolute atomic E-state index is 0.0370. The van der Waals surface area contributed by atoms with E-state index in [1.165, 1.54) is 0 Å². The molecule has 0 amide bonds. The van der Waals surface area contributed by atoms with Crippen LogP contribution in [0.15, 0.2) is 29.2 Å². The zero-order valence-corrected chi connectivity index (χ0v) is 12.8. The fourth-order valence-corrected chi connectivity index (χ4v) is 4.27. The maximum absolute atomic E-state index is 12.7. The fourth-order valence-electron chi connectivity index (χ4n) is 2.61. The van der Waals surface area contributed by atoms with E-state index in [1.807, 2.05) is 14.0 Å². The lowest BCUT2D eigenvalue weighted by Crippen LogP contribution is -2.41. The molecule has 0 saturated carbocycles. The SMILES string of the molecule is CC1CN(C)CCCN1S(=O)(=O)c1ccc(CO)cc1. The van der Waals surface area contributed by atoms with E-state index in [0.717, 1.165) is 19.5 Å². The van der Waals surface area contributed by atoms with Crippen molar-refractivity contribution >= 4 is 10.0 Å². The molecule has 2 rings (SSSR count). The Balaban J connectivity index is 2.28. The van der Waals surface area contributed by atoms with Crippen LogP contribution in [0.3, 0.4) is 0 Å². The first kappa shape index (κ1) is 15.4. The van der Waals surface area contributed by atoms with Crippen LogP contribution in [0, 0.1) is 0 Å². The van der Waals surface area contributed by atoms with Crippen LogP contribution in [-0.2, 0) is 16.6 Å². The zero-order chi connectivity index (χ0) is 14.8. The largest absolute Gasteiger partial charge is 0.392 e. The van der Waals surface area contributed by atoms with Gasteiger partial charge in [0.25, 0.3) is 0 Å². The number of hydrogen-bond acceptors (Lipinski definition) is 4. The van der Waals surface area contributed by atoms with Crippen molar-refractivity contribution in [2.45, 2.75) is 30.9 Å². The molecular formula is C14H22N2O3S. The van der Waals surface area contributed by atoms with Gasteiger partial charge in [0.15, 0.2) is 0 Å². The first-order valence-electron chi connectivity index (χ1n) is 6.85. The molecule has 0 aliphatic carbocycles. The Bertz CT molecular complexity index is 542. The van der Waals surface area contributed by atoms with Crippen molar-refractivity contribution in [2.24, 2.45) is 0 Å². The second-order valence-electron chi connectivity index (χ2n) is 5.38. The number of nitrogens with zero attached hydrogens (tertiary/aromatic N) is 2. The lowest BCUT2D eigenvalue weighted by molar-refractivity contribution is 0.281. The Kier molecular flexibility index (Phi) is 4.80. The lowest BCUT2D eigenvalue weighted by Gasteiger charge is -2.27. The predicted octanol–water partition coefficient (Wildman–Crippen LogP) is 0.894. The normalized spacial score (nSPS) is 22.6. The van der Waals surface area contributed by atoms with E-state index in [4.69, 9.17) is 5.11 Å². The Hall–Kier alpha value is -0.950. The maximum atomic E-state index is 12.7. The average molecular weight is 298 g/mol. The summed E-state index contributed by atoms with van der Waals surface area (Å²) in [6.07, 6.45) is 0.842. The number of benzene rings is 1. The molecule has 1 aliphatic heterocycles. The molecule has 0 spiro atoms. The van der Waals surface area contributed by atoms with Crippen LogP contribution in [0.2, 0.25) is 0 Å². The highest BCUT2D eigenvalue weighted by molar-refractivity contribution is 7.89. The van der Waals surface area contributed by atoms with Crippen molar-refractivity contribution in [2.75, 3.05) is 26.7 Å². The molecule has 1 atom stereocenters. The third kappa shape index (κ3) is 3.20. The van der Waals surface area contributed by atoms with Crippen molar-refractivity contribution in [1.82, 2.24) is 9.21 Å². The summed E-state index contributed by atoms with van der Waals surface area (Å²) in [4.78, 5) is 2.46. The molecule has 20 heavy (non-hydrogen) atoms. The number of rotatable bonds is 3. The van der Waals surface area contributed by atoms with Gasteiger partial charge in [0.2, 0.25) is 10.0 Å². The topological polar surface area (TPSA) is 60.9 Å². The van der Waals surface area contributed by atoms with Gasteiger partial charge >= 0.3 is 0 Å². The summed E-state index contributed by atoms with van der Waals surface area (Å²) in [5, 5.41) is 9.02. The van der Waals surface area contributed by atoms with Gasteiger partial charge in [-0.05, 0) is 44.6 Å². The molecule has 1 fully saturated rings. The quantitative estimate of drug-likeness (QED) is 0.900. The molecule has 0 bridgehead atoms. The summed E-state index contributed by atoms with van der Waals surface area (Å²) < 4.78 is 27.0. The molecule has 5 nitrogen and oxygen atoms in total. The molecule has 112 valence electrons. The van der Waals surface area contributed by atoms with Crippen LogP contribution in [0.25, 0.3) is 0 Å². The summed E-state index contributed by atoms with van der Waals surface area (Å²) in [6.45, 7) is 4.08. The zero-order valence-electron chi connectivity index (χ0n) is 12.0. The van der Waals surface area contributed by atoms with E-state index < -0.39 is 10.0 Å². The Morgan fingerprint density at radius 1 is 1.25 bits per heavy atom. The number of hydrogen-bond donors (Lipinski definition) is 1. The van der Waals surface area contributed by atoms with Crippen LogP contribution in [0.5, 0.6) is 0 Å². The number of aliphatic hydroxyl groups is 1. The minimum atomic E-state index is -3.46. The molecule has 1 unspecified atom stereocenters. The molecule has 0 radical (unpaired) electrons. The smallest absolute Gasteiger partial charge is 0.243 e. The summed E-state index contributed by atoms with van der Waals surface area (Å²) in [5.74, 6) is 0. The van der Waals surface area contributed by atoms with Gasteiger partial charge in [0, 0.05) is 19.1 Å². The summed E-state index contributed by atoms with van der Waals surface area (Å²) in [7, 11) is -1.44. The summed E-state index contributed by atoms with van der Waals surface area (Å²) >= 11 is 0. The standard InChI is InChI=1S/C14H22N2O3S/c1-12-10-15(2)8-3-9-16(12)20(18,19)14-6-4-13(11-17)5-7-14/h4-7,12,17H,3,8-11H2,1-2H3. The molecular weight excluding hydrogens is 276 g/mol. The van der Waals surface area contributed by atoms with Gasteiger partial charge < -0.3 is 10.0 Å². The molecule has 1 aromatic carbocycles. The van der Waals surface area contributed by atoms with Crippen LogP contribution >= 0.6 is 0 Å². The molecule has 1 saturated heterocycles. The van der Waals surface area contributed by atoms with E-state index in [0.29, 0.717) is 17.0 Å². The molecule has 6 heteroatoms. The second kappa shape index (κ2) is 6.22. The third-order valence-corrected chi connectivity index (χ3v) is 5.73. The van der Waals surface area contributed by atoms with Gasteiger partial charge in [-0.25, -0.2) is 8.42 Å². The monoisotopic (exact) mass is 298 g/mol. The molecule has 1 N–H and O–H groups in total. The van der Waals surface area contributed by atoms with E-state index >= 15 is 0 Å². The van der Waals surface area contributed by atoms with Crippen molar-refractivity contribution in [3.63, 3.8) is 0 Å². The van der Waals surface area contributed by atoms with Crippen molar-refractivity contribution in [1.29, 1.82) is 0 Å². The highest BCUT2D eigenvalue weighted by Gasteiger charge is 2.31. The van der Waals surface area contributed by atoms with Crippen LogP contribution in [0.4, 0.5) is 0 Å². The molecule has 1 aromatic rings. The summed E-state index contributed by atoms with van der Waals surface area (Å²) in [5.41, 5.74) is 0.715. The molecule has 0 aromatic heterocycles. The van der Waals surface area contributed by atoms with E-state index in [9.17, 15) is 8.42 Å². The van der Waals surface area contributed by atoms with E-state index in [-0.39, 0.29) is 12.6 Å². The third-order valence-electron chi connectivity index (χ3n) is 3.70. The van der Waals surface area contributed by atoms with Gasteiger partial charge in [-0.3, -0.25) is 0 Å². The average Bonchev–Trinajstić information content (AvgIpc) is 2.59. The highest BCUT2D eigenvalue weighted by Crippen LogP contribution is 2.21. The van der Waals surface area contributed by atoms with E-state index in [1.54, 1.807) is 28.6 Å². The van der Waals surface area contributed by atoms with Crippen molar-refractivity contribution in [3.05, 3.63) is 29.8 Å².